The number of nitrogens with zero attached hydrogens (tertiary/aromatic N) is 6. The first-order valence-corrected chi connectivity index (χ1v) is 10.2. The zero-order chi connectivity index (χ0) is 22.1. The summed E-state index contributed by atoms with van der Waals surface area (Å²) in [7, 11) is 3.51. The van der Waals surface area contributed by atoms with E-state index in [-0.39, 0.29) is 11.6 Å². The van der Waals surface area contributed by atoms with Crippen molar-refractivity contribution >= 4 is 28.6 Å². The van der Waals surface area contributed by atoms with Crippen molar-refractivity contribution in [2.45, 2.75) is 6.92 Å². The van der Waals surface area contributed by atoms with Crippen LogP contribution in [0.15, 0.2) is 36.4 Å². The van der Waals surface area contributed by atoms with E-state index in [9.17, 15) is 14.7 Å². The molecule has 0 aliphatic carbocycles. The molecule has 0 spiro atoms. The topological polar surface area (TPSA) is 94.8 Å². The summed E-state index contributed by atoms with van der Waals surface area (Å²) in [5, 5.41) is 15.2. The SMILES string of the molecule is Cc1nn(-c2ccccc2)c2nc(C(=O)O)cc(N3CCN(CC(=O)N(C)C)CC3)c12. The molecule has 1 saturated heterocycles. The maximum atomic E-state index is 12.0. The van der Waals surface area contributed by atoms with Crippen LogP contribution in [0.2, 0.25) is 0 Å². The number of pyridine rings is 1. The number of carbonyl (C=O) groups excluding carboxylic acids is 1. The van der Waals surface area contributed by atoms with Gasteiger partial charge in [-0.2, -0.15) is 5.10 Å². The summed E-state index contributed by atoms with van der Waals surface area (Å²) in [5.41, 5.74) is 2.96. The summed E-state index contributed by atoms with van der Waals surface area (Å²) in [4.78, 5) is 34.1. The van der Waals surface area contributed by atoms with Crippen LogP contribution < -0.4 is 4.90 Å². The lowest BCUT2D eigenvalue weighted by molar-refractivity contribution is -0.129. The Kier molecular flexibility index (Phi) is 5.60. The van der Waals surface area contributed by atoms with Gasteiger partial charge in [0.05, 0.1) is 29.0 Å². The number of hydrogen-bond donors (Lipinski definition) is 1. The molecular weight excluding hydrogens is 396 g/mol. The quantitative estimate of drug-likeness (QED) is 0.668. The highest BCUT2D eigenvalue weighted by molar-refractivity contribution is 5.98. The molecule has 0 radical (unpaired) electrons. The van der Waals surface area contributed by atoms with E-state index in [2.05, 4.69) is 19.9 Å². The Labute approximate surface area is 180 Å². The number of anilines is 1. The lowest BCUT2D eigenvalue weighted by Gasteiger charge is -2.36. The van der Waals surface area contributed by atoms with Crippen molar-refractivity contribution in [3.8, 4) is 5.69 Å². The summed E-state index contributed by atoms with van der Waals surface area (Å²) in [6.45, 7) is 5.12. The molecule has 2 aromatic heterocycles. The van der Waals surface area contributed by atoms with Gasteiger partial charge in [0, 0.05) is 40.3 Å². The van der Waals surface area contributed by atoms with Gasteiger partial charge >= 0.3 is 5.97 Å². The van der Waals surface area contributed by atoms with Crippen molar-refractivity contribution in [2.75, 3.05) is 51.7 Å². The molecule has 9 heteroatoms. The highest BCUT2D eigenvalue weighted by Crippen LogP contribution is 2.32. The fourth-order valence-electron chi connectivity index (χ4n) is 3.85. The van der Waals surface area contributed by atoms with E-state index in [4.69, 9.17) is 0 Å². The minimum atomic E-state index is -1.07. The van der Waals surface area contributed by atoms with Crippen molar-refractivity contribution < 1.29 is 14.7 Å². The molecule has 1 N–H and O–H groups in total. The van der Waals surface area contributed by atoms with Crippen LogP contribution in [0, 0.1) is 6.92 Å². The van der Waals surface area contributed by atoms with E-state index in [0.29, 0.717) is 25.3 Å². The summed E-state index contributed by atoms with van der Waals surface area (Å²) in [5.74, 6) is -0.996. The number of carboxylic acids is 1. The Balaban J connectivity index is 1.71. The second-order valence-corrected chi connectivity index (χ2v) is 7.91. The molecule has 1 aliphatic heterocycles. The third-order valence-corrected chi connectivity index (χ3v) is 5.58. The number of hydrogen-bond acceptors (Lipinski definition) is 6. The molecule has 1 aromatic carbocycles. The molecule has 1 fully saturated rings. The van der Waals surface area contributed by atoms with Crippen LogP contribution >= 0.6 is 0 Å². The first-order valence-electron chi connectivity index (χ1n) is 10.2. The van der Waals surface area contributed by atoms with Gasteiger partial charge in [0.1, 0.15) is 0 Å². The predicted octanol–water partition coefficient (Wildman–Crippen LogP) is 1.64. The molecule has 31 heavy (non-hydrogen) atoms. The first kappa shape index (κ1) is 20.8. The third-order valence-electron chi connectivity index (χ3n) is 5.58. The van der Waals surface area contributed by atoms with Gasteiger partial charge in [-0.15, -0.1) is 0 Å². The van der Waals surface area contributed by atoms with Crippen LogP contribution in [0.1, 0.15) is 16.2 Å². The Morgan fingerprint density at radius 2 is 1.77 bits per heavy atom. The Hall–Kier alpha value is -3.46. The Morgan fingerprint density at radius 3 is 2.39 bits per heavy atom. The largest absolute Gasteiger partial charge is 0.477 e. The number of piperazine rings is 1. The fourth-order valence-corrected chi connectivity index (χ4v) is 3.85. The summed E-state index contributed by atoms with van der Waals surface area (Å²) >= 11 is 0. The zero-order valence-electron chi connectivity index (χ0n) is 17.9. The van der Waals surface area contributed by atoms with Gasteiger partial charge in [-0.3, -0.25) is 9.69 Å². The minimum Gasteiger partial charge on any atom is -0.477 e. The molecule has 0 bridgehead atoms. The molecular formula is C22H26N6O3. The highest BCUT2D eigenvalue weighted by atomic mass is 16.4. The number of carboxylic acid groups (broad SMARTS) is 1. The molecule has 0 saturated carbocycles. The lowest BCUT2D eigenvalue weighted by Crippen LogP contribution is -2.49. The van der Waals surface area contributed by atoms with Gasteiger partial charge in [0.2, 0.25) is 5.91 Å². The van der Waals surface area contributed by atoms with Crippen LogP contribution in [-0.2, 0) is 4.79 Å². The molecule has 3 heterocycles. The highest BCUT2D eigenvalue weighted by Gasteiger charge is 2.25. The summed E-state index contributed by atoms with van der Waals surface area (Å²) in [6, 6.07) is 11.2. The minimum absolute atomic E-state index is 0.00945. The maximum Gasteiger partial charge on any atom is 0.354 e. The number of fused-ring (bicyclic) bond motifs is 1. The van der Waals surface area contributed by atoms with Crippen molar-refractivity contribution in [1.29, 1.82) is 0 Å². The molecule has 3 aromatic rings. The number of carbonyl (C=O) groups is 2. The smallest absolute Gasteiger partial charge is 0.354 e. The first-order chi connectivity index (χ1) is 14.8. The molecule has 4 rings (SSSR count). The molecule has 1 aliphatic rings. The maximum absolute atomic E-state index is 12.0. The van der Waals surface area contributed by atoms with Gasteiger partial charge < -0.3 is 14.9 Å². The second-order valence-electron chi connectivity index (χ2n) is 7.91. The van der Waals surface area contributed by atoms with Gasteiger partial charge in [0.15, 0.2) is 11.3 Å². The monoisotopic (exact) mass is 422 g/mol. The van der Waals surface area contributed by atoms with Gasteiger partial charge in [0.25, 0.3) is 0 Å². The number of aromatic nitrogens is 3. The van der Waals surface area contributed by atoms with Crippen LogP contribution in [0.25, 0.3) is 16.7 Å². The molecule has 162 valence electrons. The van der Waals surface area contributed by atoms with E-state index >= 15 is 0 Å². The van der Waals surface area contributed by atoms with Crippen molar-refractivity contribution in [1.82, 2.24) is 24.6 Å². The molecule has 0 atom stereocenters. The normalized spacial score (nSPS) is 14.7. The van der Waals surface area contributed by atoms with Crippen LogP contribution in [0.5, 0.6) is 0 Å². The van der Waals surface area contributed by atoms with E-state index in [1.54, 1.807) is 29.7 Å². The molecule has 9 nitrogen and oxygen atoms in total. The van der Waals surface area contributed by atoms with Crippen LogP contribution in [0.3, 0.4) is 0 Å². The lowest BCUT2D eigenvalue weighted by atomic mass is 10.1. The summed E-state index contributed by atoms with van der Waals surface area (Å²) in [6.07, 6.45) is 0. The van der Waals surface area contributed by atoms with Crippen LogP contribution in [0.4, 0.5) is 5.69 Å². The Bertz CT molecular complexity index is 1120. The standard InChI is InChI=1S/C22H26N6O3/c1-15-20-18(27-11-9-26(10-12-27)14-19(29)25(2)3)13-17(22(30)31)23-21(20)28(24-15)16-7-5-4-6-8-16/h4-8,13H,9-12,14H2,1-3H3,(H,30,31). The van der Waals surface area contributed by atoms with Crippen molar-refractivity contribution in [3.05, 3.63) is 47.8 Å². The second kappa shape index (κ2) is 8.35. The predicted molar refractivity (Wildman–Crippen MR) is 118 cm³/mol. The van der Waals surface area contributed by atoms with Crippen molar-refractivity contribution in [2.24, 2.45) is 0 Å². The number of benzene rings is 1. The van der Waals surface area contributed by atoms with Gasteiger partial charge in [-0.25, -0.2) is 14.5 Å². The van der Waals surface area contributed by atoms with Gasteiger partial charge in [-0.1, -0.05) is 18.2 Å². The number of para-hydroxylation sites is 1. The van der Waals surface area contributed by atoms with Gasteiger partial charge in [-0.05, 0) is 25.1 Å². The van der Waals surface area contributed by atoms with Crippen LogP contribution in [-0.4, -0.2) is 88.4 Å². The number of amides is 1. The number of aromatic carboxylic acids is 1. The van der Waals surface area contributed by atoms with E-state index in [0.717, 1.165) is 35.5 Å². The number of rotatable bonds is 5. The van der Waals surface area contributed by atoms with E-state index in [1.165, 1.54) is 0 Å². The van der Waals surface area contributed by atoms with E-state index < -0.39 is 5.97 Å². The number of aryl methyl sites for hydroxylation is 1. The summed E-state index contributed by atoms with van der Waals surface area (Å²) < 4.78 is 1.70. The third kappa shape index (κ3) is 4.09. The van der Waals surface area contributed by atoms with E-state index in [1.807, 2.05) is 37.3 Å². The Morgan fingerprint density at radius 1 is 1.10 bits per heavy atom. The average molecular weight is 422 g/mol. The molecule has 1 amide bonds. The fraction of sp³-hybridized carbons (Fsp3) is 0.364. The molecule has 0 unspecified atom stereocenters. The average Bonchev–Trinajstić information content (AvgIpc) is 3.11. The van der Waals surface area contributed by atoms with Crippen molar-refractivity contribution in [3.63, 3.8) is 0 Å². The number of likely N-dealkylation sites (N-methyl/N-ethyl adjacent to an activating group) is 1. The zero-order valence-corrected chi connectivity index (χ0v) is 17.9.